The van der Waals surface area contributed by atoms with Crippen LogP contribution in [0.1, 0.15) is 71.7 Å². The fourth-order valence-electron chi connectivity index (χ4n) is 2.94. The third-order valence-corrected chi connectivity index (χ3v) is 4.52. The molecule has 2 N–H and O–H groups in total. The Bertz CT molecular complexity index is 848. The Morgan fingerprint density at radius 2 is 1.66 bits per heavy atom. The molecular formula is C22H24F3NO3. The average molecular weight is 407 g/mol. The quantitative estimate of drug-likeness (QED) is 0.384. The average Bonchev–Trinajstić information content (AvgIpc) is 2.67. The highest BCUT2D eigenvalue weighted by Crippen LogP contribution is 2.39. The number of para-hydroxylation sites is 1. The molecule has 0 spiro atoms. The van der Waals surface area contributed by atoms with Crippen LogP contribution in [0.4, 0.5) is 18.9 Å². The Morgan fingerprint density at radius 1 is 1.00 bits per heavy atom. The molecule has 2 rings (SSSR count). The van der Waals surface area contributed by atoms with E-state index in [0.29, 0.717) is 18.2 Å². The smallest absolute Gasteiger partial charge is 0.420 e. The summed E-state index contributed by atoms with van der Waals surface area (Å²) in [5.74, 6) is -2.59. The first-order chi connectivity index (χ1) is 13.7. The molecule has 0 atom stereocenters. The normalized spacial score (nSPS) is 11.3. The van der Waals surface area contributed by atoms with Crippen LogP contribution >= 0.6 is 0 Å². The van der Waals surface area contributed by atoms with Crippen LogP contribution in [0.5, 0.6) is 5.75 Å². The molecule has 0 radical (unpaired) electrons. The van der Waals surface area contributed by atoms with E-state index in [1.165, 1.54) is 0 Å². The number of unbranched alkanes of at least 4 members (excludes halogenated alkanes) is 4. The molecule has 0 aliphatic carbocycles. The van der Waals surface area contributed by atoms with Crippen molar-refractivity contribution in [2.24, 2.45) is 0 Å². The van der Waals surface area contributed by atoms with E-state index in [-0.39, 0.29) is 12.0 Å². The molecule has 4 nitrogen and oxygen atoms in total. The summed E-state index contributed by atoms with van der Waals surface area (Å²) >= 11 is 0. The summed E-state index contributed by atoms with van der Waals surface area (Å²) in [5, 5.41) is 12.5. The highest BCUT2D eigenvalue weighted by Gasteiger charge is 2.37. The van der Waals surface area contributed by atoms with Crippen molar-refractivity contribution in [1.29, 1.82) is 0 Å². The van der Waals surface area contributed by atoms with E-state index in [9.17, 15) is 27.9 Å². The Labute approximate surface area is 167 Å². The van der Waals surface area contributed by atoms with Crippen LogP contribution in [0.25, 0.3) is 0 Å². The SMILES string of the molecule is CCCCCCCC(=O)c1cc(C(=O)Nc2ccccc2)c(O)c(C(F)(F)F)c1. The summed E-state index contributed by atoms with van der Waals surface area (Å²) < 4.78 is 40.1. The first-order valence-corrected chi connectivity index (χ1v) is 9.57. The van der Waals surface area contributed by atoms with Crippen molar-refractivity contribution < 1.29 is 27.9 Å². The lowest BCUT2D eigenvalue weighted by Crippen LogP contribution is -2.16. The van der Waals surface area contributed by atoms with E-state index in [2.05, 4.69) is 12.2 Å². The number of anilines is 1. The highest BCUT2D eigenvalue weighted by molar-refractivity contribution is 6.08. The van der Waals surface area contributed by atoms with E-state index < -0.39 is 34.7 Å². The van der Waals surface area contributed by atoms with Gasteiger partial charge in [-0.15, -0.1) is 0 Å². The third-order valence-electron chi connectivity index (χ3n) is 4.52. The zero-order chi connectivity index (χ0) is 21.4. The van der Waals surface area contributed by atoms with Gasteiger partial charge in [-0.05, 0) is 30.7 Å². The number of phenolic OH excluding ortho intramolecular Hbond substituents is 1. The molecule has 156 valence electrons. The standard InChI is InChI=1S/C22H24F3NO3/c1-2-3-4-5-9-12-19(27)15-13-17(20(28)18(14-15)22(23,24)25)21(29)26-16-10-7-6-8-11-16/h6-8,10-11,13-14,28H,2-5,9,12H2,1H3,(H,26,29). The lowest BCUT2D eigenvalue weighted by Gasteiger charge is -2.15. The summed E-state index contributed by atoms with van der Waals surface area (Å²) in [4.78, 5) is 24.9. The maximum absolute atomic E-state index is 13.4. The minimum atomic E-state index is -4.90. The fourth-order valence-corrected chi connectivity index (χ4v) is 2.94. The minimum absolute atomic E-state index is 0.0888. The summed E-state index contributed by atoms with van der Waals surface area (Å²) in [7, 11) is 0. The van der Waals surface area contributed by atoms with E-state index in [1.54, 1.807) is 30.3 Å². The Morgan fingerprint density at radius 3 is 2.28 bits per heavy atom. The van der Waals surface area contributed by atoms with Gasteiger partial charge in [-0.1, -0.05) is 50.8 Å². The van der Waals surface area contributed by atoms with Gasteiger partial charge in [0.15, 0.2) is 5.78 Å². The lowest BCUT2D eigenvalue weighted by atomic mass is 9.97. The van der Waals surface area contributed by atoms with Gasteiger partial charge in [0, 0.05) is 17.7 Å². The molecule has 1 amide bonds. The minimum Gasteiger partial charge on any atom is -0.506 e. The van der Waals surface area contributed by atoms with Crippen LogP contribution in [0.15, 0.2) is 42.5 Å². The number of alkyl halides is 3. The molecule has 0 bridgehead atoms. The van der Waals surface area contributed by atoms with E-state index in [4.69, 9.17) is 0 Å². The van der Waals surface area contributed by atoms with Gasteiger partial charge >= 0.3 is 6.18 Å². The number of Topliss-reactive ketones (excluding diaryl/α,β-unsaturated/α-hetero) is 1. The molecule has 7 heteroatoms. The Kier molecular flexibility index (Phi) is 7.82. The second-order valence-electron chi connectivity index (χ2n) is 6.83. The van der Waals surface area contributed by atoms with Crippen molar-refractivity contribution in [3.05, 3.63) is 59.2 Å². The molecular weight excluding hydrogens is 383 g/mol. The fraction of sp³-hybridized carbons (Fsp3) is 0.364. The molecule has 0 aliphatic heterocycles. The van der Waals surface area contributed by atoms with Crippen molar-refractivity contribution in [1.82, 2.24) is 0 Å². The van der Waals surface area contributed by atoms with Crippen molar-refractivity contribution in [2.75, 3.05) is 5.32 Å². The number of carbonyl (C=O) groups is 2. The number of ketones is 1. The number of nitrogens with one attached hydrogen (secondary N) is 1. The van der Waals surface area contributed by atoms with E-state index >= 15 is 0 Å². The van der Waals surface area contributed by atoms with Gasteiger partial charge in [0.05, 0.1) is 11.1 Å². The van der Waals surface area contributed by atoms with Crippen molar-refractivity contribution in [3.63, 3.8) is 0 Å². The van der Waals surface area contributed by atoms with Gasteiger partial charge in [-0.3, -0.25) is 9.59 Å². The molecule has 0 aromatic heterocycles. The topological polar surface area (TPSA) is 66.4 Å². The largest absolute Gasteiger partial charge is 0.506 e. The van der Waals surface area contributed by atoms with Gasteiger partial charge in [-0.2, -0.15) is 13.2 Å². The maximum atomic E-state index is 13.4. The zero-order valence-corrected chi connectivity index (χ0v) is 16.2. The van der Waals surface area contributed by atoms with Gasteiger partial charge < -0.3 is 10.4 Å². The molecule has 29 heavy (non-hydrogen) atoms. The number of benzene rings is 2. The Hall–Kier alpha value is -2.83. The van der Waals surface area contributed by atoms with Crippen LogP contribution < -0.4 is 5.32 Å². The maximum Gasteiger partial charge on any atom is 0.420 e. The van der Waals surface area contributed by atoms with E-state index in [1.807, 2.05) is 0 Å². The number of rotatable bonds is 9. The number of carbonyl (C=O) groups excluding carboxylic acids is 2. The number of halogens is 3. The monoisotopic (exact) mass is 407 g/mol. The van der Waals surface area contributed by atoms with Crippen molar-refractivity contribution >= 4 is 17.4 Å². The molecule has 0 fully saturated rings. The number of hydrogen-bond acceptors (Lipinski definition) is 3. The summed E-state index contributed by atoms with van der Waals surface area (Å²) in [6.45, 7) is 2.06. The summed E-state index contributed by atoms with van der Waals surface area (Å²) in [6.07, 6.45) is -0.402. The van der Waals surface area contributed by atoms with Crippen LogP contribution in [-0.4, -0.2) is 16.8 Å². The van der Waals surface area contributed by atoms with Crippen LogP contribution in [-0.2, 0) is 6.18 Å². The van der Waals surface area contributed by atoms with Gasteiger partial charge in [-0.25, -0.2) is 0 Å². The van der Waals surface area contributed by atoms with Crippen LogP contribution in [0.2, 0.25) is 0 Å². The summed E-state index contributed by atoms with van der Waals surface area (Å²) in [6, 6.07) is 9.77. The molecule has 0 heterocycles. The lowest BCUT2D eigenvalue weighted by molar-refractivity contribution is -0.138. The molecule has 0 unspecified atom stereocenters. The van der Waals surface area contributed by atoms with Gasteiger partial charge in [0.2, 0.25) is 0 Å². The predicted molar refractivity (Wildman–Crippen MR) is 105 cm³/mol. The first-order valence-electron chi connectivity index (χ1n) is 9.57. The van der Waals surface area contributed by atoms with Gasteiger partial charge in [0.25, 0.3) is 5.91 Å². The molecule has 0 saturated heterocycles. The van der Waals surface area contributed by atoms with Gasteiger partial charge in [0.1, 0.15) is 5.75 Å². The van der Waals surface area contributed by atoms with E-state index in [0.717, 1.165) is 31.7 Å². The van der Waals surface area contributed by atoms with Crippen molar-refractivity contribution in [3.8, 4) is 5.75 Å². The number of amides is 1. The first kappa shape index (κ1) is 22.5. The molecule has 2 aromatic carbocycles. The summed E-state index contributed by atoms with van der Waals surface area (Å²) in [5.41, 5.74) is -1.85. The van der Waals surface area contributed by atoms with Crippen LogP contribution in [0, 0.1) is 0 Å². The highest BCUT2D eigenvalue weighted by atomic mass is 19.4. The Balaban J connectivity index is 2.29. The number of phenols is 1. The number of aromatic hydroxyl groups is 1. The second-order valence-corrected chi connectivity index (χ2v) is 6.83. The third kappa shape index (κ3) is 6.34. The predicted octanol–water partition coefficient (Wildman–Crippen LogP) is 6.21. The zero-order valence-electron chi connectivity index (χ0n) is 16.2. The van der Waals surface area contributed by atoms with Crippen molar-refractivity contribution in [2.45, 2.75) is 51.6 Å². The molecule has 0 saturated carbocycles. The van der Waals surface area contributed by atoms with Crippen LogP contribution in [0.3, 0.4) is 0 Å². The molecule has 0 aliphatic rings. The number of hydrogen-bond donors (Lipinski definition) is 2. The second kappa shape index (κ2) is 10.1. The molecule has 2 aromatic rings.